The number of rotatable bonds is 4. The summed E-state index contributed by atoms with van der Waals surface area (Å²) in [5.74, 6) is 0. The van der Waals surface area contributed by atoms with Crippen LogP contribution in [-0.4, -0.2) is 39.0 Å². The van der Waals surface area contributed by atoms with Gasteiger partial charge in [0, 0.05) is 24.1 Å². The Morgan fingerprint density at radius 2 is 1.83 bits per heavy atom. The highest BCUT2D eigenvalue weighted by Gasteiger charge is 2.23. The molecule has 2 rings (SSSR count). The van der Waals surface area contributed by atoms with Gasteiger partial charge >= 0.3 is 0 Å². The van der Waals surface area contributed by atoms with Gasteiger partial charge in [-0.05, 0) is 17.7 Å². The molecule has 0 amide bonds. The third-order valence-electron chi connectivity index (χ3n) is 2.68. The Balaban J connectivity index is 1.94. The van der Waals surface area contributed by atoms with Gasteiger partial charge in [-0.15, -0.1) is 0 Å². The molecule has 1 aromatic rings. The van der Waals surface area contributed by atoms with Crippen LogP contribution in [0.15, 0.2) is 28.7 Å². The molecule has 0 saturated carbocycles. The van der Waals surface area contributed by atoms with E-state index < -0.39 is 10.2 Å². The second kappa shape index (κ2) is 6.12. The van der Waals surface area contributed by atoms with Gasteiger partial charge < -0.3 is 4.74 Å². The van der Waals surface area contributed by atoms with Crippen molar-refractivity contribution in [1.29, 1.82) is 0 Å². The maximum Gasteiger partial charge on any atom is 0.279 e. The summed E-state index contributed by atoms with van der Waals surface area (Å²) >= 11 is 3.34. The molecule has 0 spiro atoms. The summed E-state index contributed by atoms with van der Waals surface area (Å²) in [6.07, 6.45) is 0. The minimum Gasteiger partial charge on any atom is -0.379 e. The Morgan fingerprint density at radius 3 is 2.44 bits per heavy atom. The SMILES string of the molecule is O=S(=O)(NCc1ccc(Br)cc1)N1CCOCC1. The summed E-state index contributed by atoms with van der Waals surface area (Å²) in [5.41, 5.74) is 0.926. The van der Waals surface area contributed by atoms with Crippen molar-refractivity contribution in [2.24, 2.45) is 0 Å². The molecule has 0 aliphatic carbocycles. The van der Waals surface area contributed by atoms with Gasteiger partial charge in [-0.2, -0.15) is 17.4 Å². The summed E-state index contributed by atoms with van der Waals surface area (Å²) in [6.45, 7) is 2.04. The van der Waals surface area contributed by atoms with Gasteiger partial charge in [-0.3, -0.25) is 0 Å². The van der Waals surface area contributed by atoms with Crippen molar-refractivity contribution in [2.75, 3.05) is 26.3 Å². The van der Waals surface area contributed by atoms with Crippen LogP contribution in [0.5, 0.6) is 0 Å². The highest BCUT2D eigenvalue weighted by molar-refractivity contribution is 9.10. The van der Waals surface area contributed by atoms with Gasteiger partial charge in [0.1, 0.15) is 0 Å². The molecular weight excluding hydrogens is 320 g/mol. The van der Waals surface area contributed by atoms with Crippen LogP contribution in [0.3, 0.4) is 0 Å². The second-order valence-corrected chi connectivity index (χ2v) is 6.63. The smallest absolute Gasteiger partial charge is 0.279 e. The normalized spacial score (nSPS) is 17.8. The summed E-state index contributed by atoms with van der Waals surface area (Å²) in [7, 11) is -3.40. The first-order chi connectivity index (χ1) is 8.58. The van der Waals surface area contributed by atoms with Crippen molar-refractivity contribution < 1.29 is 13.2 Å². The molecule has 1 N–H and O–H groups in total. The highest BCUT2D eigenvalue weighted by Crippen LogP contribution is 2.11. The fourth-order valence-electron chi connectivity index (χ4n) is 1.66. The topological polar surface area (TPSA) is 58.6 Å². The Bertz CT molecular complexity index is 484. The van der Waals surface area contributed by atoms with E-state index in [1.54, 1.807) is 0 Å². The zero-order valence-electron chi connectivity index (χ0n) is 9.80. The lowest BCUT2D eigenvalue weighted by Crippen LogP contribution is -2.46. The Kier molecular flexibility index (Phi) is 4.74. The zero-order chi connectivity index (χ0) is 13.0. The lowest BCUT2D eigenvalue weighted by Gasteiger charge is -2.26. The number of morpholine rings is 1. The first-order valence-corrected chi connectivity index (χ1v) is 7.88. The van der Waals surface area contributed by atoms with Gasteiger partial charge in [-0.25, -0.2) is 0 Å². The predicted molar refractivity (Wildman–Crippen MR) is 72.3 cm³/mol. The molecule has 0 atom stereocenters. The number of hydrogen-bond acceptors (Lipinski definition) is 3. The summed E-state index contributed by atoms with van der Waals surface area (Å²) in [4.78, 5) is 0. The second-order valence-electron chi connectivity index (χ2n) is 3.96. The Morgan fingerprint density at radius 1 is 1.22 bits per heavy atom. The van der Waals surface area contributed by atoms with Crippen LogP contribution < -0.4 is 4.72 Å². The van der Waals surface area contributed by atoms with Crippen LogP contribution in [0.4, 0.5) is 0 Å². The van der Waals surface area contributed by atoms with Crippen LogP contribution in [0.1, 0.15) is 5.56 Å². The van der Waals surface area contributed by atoms with E-state index in [-0.39, 0.29) is 0 Å². The van der Waals surface area contributed by atoms with Crippen LogP contribution in [0.25, 0.3) is 0 Å². The zero-order valence-corrected chi connectivity index (χ0v) is 12.2. The number of nitrogens with zero attached hydrogens (tertiary/aromatic N) is 1. The lowest BCUT2D eigenvalue weighted by atomic mass is 10.2. The number of nitrogens with one attached hydrogen (secondary N) is 1. The van der Waals surface area contributed by atoms with Crippen molar-refractivity contribution in [3.63, 3.8) is 0 Å². The minimum absolute atomic E-state index is 0.299. The number of hydrogen-bond donors (Lipinski definition) is 1. The molecule has 0 radical (unpaired) electrons. The van der Waals surface area contributed by atoms with Crippen molar-refractivity contribution in [2.45, 2.75) is 6.54 Å². The third-order valence-corrected chi connectivity index (χ3v) is 4.76. The average molecular weight is 335 g/mol. The highest BCUT2D eigenvalue weighted by atomic mass is 79.9. The molecule has 100 valence electrons. The molecule has 0 unspecified atom stereocenters. The first kappa shape index (κ1) is 14.0. The fraction of sp³-hybridized carbons (Fsp3) is 0.455. The number of benzene rings is 1. The molecular formula is C11H15BrN2O3S. The molecule has 1 aromatic carbocycles. The molecule has 1 aliphatic heterocycles. The fourth-order valence-corrected chi connectivity index (χ4v) is 3.08. The third kappa shape index (κ3) is 3.76. The maximum absolute atomic E-state index is 12.0. The van der Waals surface area contributed by atoms with Crippen LogP contribution >= 0.6 is 15.9 Å². The molecule has 0 bridgehead atoms. The van der Waals surface area contributed by atoms with Crippen LogP contribution in [0.2, 0.25) is 0 Å². The molecule has 1 heterocycles. The molecule has 0 aromatic heterocycles. The van der Waals surface area contributed by atoms with Crippen molar-refractivity contribution in [3.05, 3.63) is 34.3 Å². The number of ether oxygens (including phenoxy) is 1. The van der Waals surface area contributed by atoms with Crippen LogP contribution in [-0.2, 0) is 21.5 Å². The van der Waals surface area contributed by atoms with Gasteiger partial charge in [-0.1, -0.05) is 28.1 Å². The molecule has 1 fully saturated rings. The van der Waals surface area contributed by atoms with Crippen molar-refractivity contribution in [1.82, 2.24) is 9.03 Å². The van der Waals surface area contributed by atoms with E-state index in [0.29, 0.717) is 32.8 Å². The number of halogens is 1. The van der Waals surface area contributed by atoms with Gasteiger partial charge in [0.25, 0.3) is 10.2 Å². The predicted octanol–water partition coefficient (Wildman–Crippen LogP) is 1.12. The maximum atomic E-state index is 12.0. The van der Waals surface area contributed by atoms with Gasteiger partial charge in [0.05, 0.1) is 13.2 Å². The van der Waals surface area contributed by atoms with Gasteiger partial charge in [0.2, 0.25) is 0 Å². The largest absolute Gasteiger partial charge is 0.379 e. The quantitative estimate of drug-likeness (QED) is 0.897. The molecule has 1 aliphatic rings. The monoisotopic (exact) mass is 334 g/mol. The summed E-state index contributed by atoms with van der Waals surface area (Å²) in [5, 5.41) is 0. The minimum atomic E-state index is -3.40. The van der Waals surface area contributed by atoms with Crippen molar-refractivity contribution in [3.8, 4) is 0 Å². The standard InChI is InChI=1S/C11H15BrN2O3S/c12-11-3-1-10(2-4-11)9-13-18(15,16)14-5-7-17-8-6-14/h1-4,13H,5-9H2. The van der Waals surface area contributed by atoms with E-state index in [0.717, 1.165) is 10.0 Å². The Labute approximate surface area is 115 Å². The molecule has 1 saturated heterocycles. The average Bonchev–Trinajstić information content (AvgIpc) is 2.39. The molecule has 18 heavy (non-hydrogen) atoms. The van der Waals surface area contributed by atoms with E-state index in [4.69, 9.17) is 4.74 Å². The Hall–Kier alpha value is -0.470. The lowest BCUT2D eigenvalue weighted by molar-refractivity contribution is 0.0725. The molecule has 5 nitrogen and oxygen atoms in total. The van der Waals surface area contributed by atoms with Crippen molar-refractivity contribution >= 4 is 26.1 Å². The summed E-state index contributed by atoms with van der Waals surface area (Å²) in [6, 6.07) is 7.54. The van der Waals surface area contributed by atoms with E-state index in [2.05, 4.69) is 20.7 Å². The molecule has 7 heteroatoms. The van der Waals surface area contributed by atoms with Crippen LogP contribution in [0, 0.1) is 0 Å². The van der Waals surface area contributed by atoms with E-state index in [9.17, 15) is 8.42 Å². The van der Waals surface area contributed by atoms with E-state index in [1.807, 2.05) is 24.3 Å². The van der Waals surface area contributed by atoms with Gasteiger partial charge in [0.15, 0.2) is 0 Å². The summed E-state index contributed by atoms with van der Waals surface area (Å²) < 4.78 is 34.1. The van der Waals surface area contributed by atoms with E-state index in [1.165, 1.54) is 4.31 Å². The first-order valence-electron chi connectivity index (χ1n) is 5.65. The van der Waals surface area contributed by atoms with E-state index >= 15 is 0 Å².